The molecule has 0 heterocycles. The molecule has 0 aliphatic heterocycles. The van der Waals surface area contributed by atoms with Crippen LogP contribution in [-0.2, 0) is 6.18 Å². The SMILES string of the molecule is Cc1cc(Cl)ccc1OCCNC(=O)Nc1cccc(C(F)(F)F)c1. The topological polar surface area (TPSA) is 50.4 Å². The maximum absolute atomic E-state index is 12.6. The second kappa shape index (κ2) is 8.11. The summed E-state index contributed by atoms with van der Waals surface area (Å²) in [6.07, 6.45) is -4.46. The van der Waals surface area contributed by atoms with Gasteiger partial charge in [0.1, 0.15) is 12.4 Å². The molecule has 0 aliphatic rings. The van der Waals surface area contributed by atoms with E-state index >= 15 is 0 Å². The first-order chi connectivity index (χ1) is 11.8. The molecule has 2 aromatic rings. The number of ether oxygens (including phenoxy) is 1. The number of carbonyl (C=O) groups is 1. The van der Waals surface area contributed by atoms with Crippen LogP contribution in [0.25, 0.3) is 0 Å². The third-order valence-corrected chi connectivity index (χ3v) is 3.47. The Morgan fingerprint density at radius 1 is 1.20 bits per heavy atom. The maximum atomic E-state index is 12.6. The largest absolute Gasteiger partial charge is 0.491 e. The molecule has 0 radical (unpaired) electrons. The Balaban J connectivity index is 1.79. The summed E-state index contributed by atoms with van der Waals surface area (Å²) in [6.45, 7) is 2.24. The van der Waals surface area contributed by atoms with Crippen LogP contribution in [0.2, 0.25) is 5.02 Å². The summed E-state index contributed by atoms with van der Waals surface area (Å²) in [7, 11) is 0. The summed E-state index contributed by atoms with van der Waals surface area (Å²) in [4.78, 5) is 11.7. The lowest BCUT2D eigenvalue weighted by atomic mass is 10.2. The average molecular weight is 373 g/mol. The second-order valence-electron chi connectivity index (χ2n) is 5.22. The van der Waals surface area contributed by atoms with Crippen molar-refractivity contribution in [3.8, 4) is 5.75 Å². The molecule has 2 amide bonds. The zero-order chi connectivity index (χ0) is 18.4. The van der Waals surface area contributed by atoms with Crippen LogP contribution in [0.1, 0.15) is 11.1 Å². The molecule has 0 fully saturated rings. The Kier molecular flexibility index (Phi) is 6.14. The van der Waals surface area contributed by atoms with Crippen LogP contribution in [-0.4, -0.2) is 19.2 Å². The Morgan fingerprint density at radius 2 is 1.96 bits per heavy atom. The number of amides is 2. The van der Waals surface area contributed by atoms with Gasteiger partial charge in [-0.2, -0.15) is 13.2 Å². The quantitative estimate of drug-likeness (QED) is 0.736. The van der Waals surface area contributed by atoms with Gasteiger partial charge >= 0.3 is 12.2 Å². The van der Waals surface area contributed by atoms with Crippen molar-refractivity contribution < 1.29 is 22.7 Å². The van der Waals surface area contributed by atoms with E-state index in [1.807, 2.05) is 6.92 Å². The Labute approximate surface area is 147 Å². The first-order valence-corrected chi connectivity index (χ1v) is 7.74. The first kappa shape index (κ1) is 18.9. The molecule has 0 unspecified atom stereocenters. The van der Waals surface area contributed by atoms with Gasteiger partial charge in [0.2, 0.25) is 0 Å². The van der Waals surface area contributed by atoms with Crippen LogP contribution in [0.5, 0.6) is 5.75 Å². The van der Waals surface area contributed by atoms with Gasteiger partial charge in [0, 0.05) is 10.7 Å². The zero-order valence-corrected chi connectivity index (χ0v) is 14.0. The van der Waals surface area contributed by atoms with E-state index in [-0.39, 0.29) is 18.8 Å². The Morgan fingerprint density at radius 3 is 2.64 bits per heavy atom. The Hall–Kier alpha value is -2.41. The number of alkyl halides is 3. The van der Waals surface area contributed by atoms with E-state index in [1.165, 1.54) is 12.1 Å². The number of benzene rings is 2. The maximum Gasteiger partial charge on any atom is 0.416 e. The van der Waals surface area contributed by atoms with Crippen LogP contribution >= 0.6 is 11.6 Å². The number of hydrogen-bond donors (Lipinski definition) is 2. The van der Waals surface area contributed by atoms with Crippen molar-refractivity contribution in [2.45, 2.75) is 13.1 Å². The number of hydrogen-bond acceptors (Lipinski definition) is 2. The van der Waals surface area contributed by atoms with Crippen molar-refractivity contribution in [2.75, 3.05) is 18.5 Å². The van der Waals surface area contributed by atoms with Crippen LogP contribution in [0, 0.1) is 6.92 Å². The van der Waals surface area contributed by atoms with Gasteiger partial charge in [0.05, 0.1) is 12.1 Å². The number of halogens is 4. The number of anilines is 1. The third kappa shape index (κ3) is 5.86. The van der Waals surface area contributed by atoms with E-state index in [2.05, 4.69) is 10.6 Å². The van der Waals surface area contributed by atoms with E-state index < -0.39 is 17.8 Å². The van der Waals surface area contributed by atoms with Crippen LogP contribution in [0.3, 0.4) is 0 Å². The van der Waals surface area contributed by atoms with Crippen LogP contribution < -0.4 is 15.4 Å². The fourth-order valence-corrected chi connectivity index (χ4v) is 2.28. The number of rotatable bonds is 5. The predicted octanol–water partition coefficient (Wildman–Crippen LogP) is 4.87. The normalized spacial score (nSPS) is 11.1. The zero-order valence-electron chi connectivity index (χ0n) is 13.3. The molecule has 2 aromatic carbocycles. The predicted molar refractivity (Wildman–Crippen MR) is 90.1 cm³/mol. The number of aryl methyl sites for hydroxylation is 1. The summed E-state index contributed by atoms with van der Waals surface area (Å²) in [5, 5.41) is 5.46. The molecule has 0 aliphatic carbocycles. The minimum atomic E-state index is -4.46. The molecule has 8 heteroatoms. The summed E-state index contributed by atoms with van der Waals surface area (Å²) < 4.78 is 43.4. The Bertz CT molecular complexity index is 751. The highest BCUT2D eigenvalue weighted by Gasteiger charge is 2.30. The van der Waals surface area contributed by atoms with Crippen molar-refractivity contribution in [1.29, 1.82) is 0 Å². The van der Waals surface area contributed by atoms with E-state index in [1.54, 1.807) is 18.2 Å². The van der Waals surface area contributed by atoms with Gasteiger partial charge in [0.25, 0.3) is 0 Å². The lowest BCUT2D eigenvalue weighted by molar-refractivity contribution is -0.137. The minimum Gasteiger partial charge on any atom is -0.491 e. The third-order valence-electron chi connectivity index (χ3n) is 3.23. The van der Waals surface area contributed by atoms with Gasteiger partial charge < -0.3 is 15.4 Å². The molecular weight excluding hydrogens is 357 g/mol. The van der Waals surface area contributed by atoms with Gasteiger partial charge in [-0.3, -0.25) is 0 Å². The molecule has 25 heavy (non-hydrogen) atoms. The first-order valence-electron chi connectivity index (χ1n) is 7.37. The highest BCUT2D eigenvalue weighted by molar-refractivity contribution is 6.30. The number of urea groups is 1. The summed E-state index contributed by atoms with van der Waals surface area (Å²) in [5.41, 5.74) is 0.0922. The summed E-state index contributed by atoms with van der Waals surface area (Å²) >= 11 is 5.84. The lowest BCUT2D eigenvalue weighted by Crippen LogP contribution is -2.32. The van der Waals surface area contributed by atoms with Gasteiger partial charge in [-0.05, 0) is 48.9 Å². The number of nitrogens with one attached hydrogen (secondary N) is 2. The average Bonchev–Trinajstić information content (AvgIpc) is 2.52. The van der Waals surface area contributed by atoms with Gasteiger partial charge in [0.15, 0.2) is 0 Å². The molecule has 0 spiro atoms. The molecule has 0 bridgehead atoms. The smallest absolute Gasteiger partial charge is 0.416 e. The minimum absolute atomic E-state index is 0.0572. The number of carbonyl (C=O) groups excluding carboxylic acids is 1. The molecule has 2 rings (SSSR count). The van der Waals surface area contributed by atoms with Crippen LogP contribution in [0.15, 0.2) is 42.5 Å². The molecule has 4 nitrogen and oxygen atoms in total. The standard InChI is InChI=1S/C17H16ClF3N2O2/c1-11-9-13(18)5-6-15(11)25-8-7-22-16(24)23-14-4-2-3-12(10-14)17(19,20)21/h2-6,9-10H,7-8H2,1H3,(H2,22,23,24). The molecule has 0 atom stereocenters. The molecule has 134 valence electrons. The van der Waals surface area contributed by atoms with Crippen molar-refractivity contribution in [2.24, 2.45) is 0 Å². The molecular formula is C17H16ClF3N2O2. The lowest BCUT2D eigenvalue weighted by Gasteiger charge is -2.12. The molecule has 0 saturated heterocycles. The van der Waals surface area contributed by atoms with Crippen molar-refractivity contribution in [1.82, 2.24) is 5.32 Å². The fourth-order valence-electron chi connectivity index (χ4n) is 2.05. The summed E-state index contributed by atoms with van der Waals surface area (Å²) in [6, 6.07) is 8.96. The van der Waals surface area contributed by atoms with E-state index in [0.717, 1.165) is 17.7 Å². The van der Waals surface area contributed by atoms with Gasteiger partial charge in [-0.25, -0.2) is 4.79 Å². The summed E-state index contributed by atoms with van der Waals surface area (Å²) in [5.74, 6) is 0.643. The van der Waals surface area contributed by atoms with Gasteiger partial charge in [-0.1, -0.05) is 17.7 Å². The molecule has 2 N–H and O–H groups in total. The molecule has 0 aromatic heterocycles. The van der Waals surface area contributed by atoms with Crippen molar-refractivity contribution >= 4 is 23.3 Å². The van der Waals surface area contributed by atoms with E-state index in [0.29, 0.717) is 10.8 Å². The molecule has 0 saturated carbocycles. The van der Waals surface area contributed by atoms with Crippen LogP contribution in [0.4, 0.5) is 23.7 Å². The van der Waals surface area contributed by atoms with E-state index in [4.69, 9.17) is 16.3 Å². The van der Waals surface area contributed by atoms with E-state index in [9.17, 15) is 18.0 Å². The highest BCUT2D eigenvalue weighted by Crippen LogP contribution is 2.30. The second-order valence-corrected chi connectivity index (χ2v) is 5.65. The monoisotopic (exact) mass is 372 g/mol. The van der Waals surface area contributed by atoms with Crippen molar-refractivity contribution in [3.05, 3.63) is 58.6 Å². The highest BCUT2D eigenvalue weighted by atomic mass is 35.5. The fraction of sp³-hybridized carbons (Fsp3) is 0.235. The van der Waals surface area contributed by atoms with Gasteiger partial charge in [-0.15, -0.1) is 0 Å². The van der Waals surface area contributed by atoms with Crippen molar-refractivity contribution in [3.63, 3.8) is 0 Å².